The fraction of sp³-hybridized carbons (Fsp3) is 0.467. The van der Waals surface area contributed by atoms with E-state index in [1.165, 1.54) is 0 Å². The first-order valence-electron chi connectivity index (χ1n) is 20.9. The topological polar surface area (TPSA) is 121 Å². The molecule has 5 amide bonds. The van der Waals surface area contributed by atoms with Crippen molar-refractivity contribution in [3.63, 3.8) is 0 Å². The van der Waals surface area contributed by atoms with E-state index in [0.717, 1.165) is 119 Å². The van der Waals surface area contributed by atoms with Gasteiger partial charge in [-0.25, -0.2) is 4.85 Å². The summed E-state index contributed by atoms with van der Waals surface area (Å²) >= 11 is 6.39. The lowest BCUT2D eigenvalue weighted by Crippen LogP contribution is -2.54. The lowest BCUT2D eigenvalue weighted by Gasteiger charge is -2.43. The summed E-state index contributed by atoms with van der Waals surface area (Å²) in [5.41, 5.74) is 5.19. The number of anilines is 3. The van der Waals surface area contributed by atoms with E-state index in [0.29, 0.717) is 28.4 Å². The third-order valence-corrected chi connectivity index (χ3v) is 14.1. The van der Waals surface area contributed by atoms with Gasteiger partial charge in [0.15, 0.2) is 0 Å². The Balaban J connectivity index is 0.736. The monoisotopic (exact) mass is 816 g/mol. The van der Waals surface area contributed by atoms with Gasteiger partial charge in [0.25, 0.3) is 17.7 Å². The highest BCUT2D eigenvalue weighted by atomic mass is 35.5. The van der Waals surface area contributed by atoms with Crippen molar-refractivity contribution in [2.24, 2.45) is 5.41 Å². The summed E-state index contributed by atoms with van der Waals surface area (Å²) in [6.07, 6.45) is 5.41. The largest absolute Gasteiger partial charge is 0.371 e. The summed E-state index contributed by atoms with van der Waals surface area (Å²) in [7, 11) is 0. The minimum absolute atomic E-state index is 0.0859. The highest BCUT2D eigenvalue weighted by molar-refractivity contribution is 6.33. The van der Waals surface area contributed by atoms with Gasteiger partial charge in [-0.3, -0.25) is 39.1 Å². The molecule has 14 heteroatoms. The van der Waals surface area contributed by atoms with Crippen LogP contribution in [0.3, 0.4) is 0 Å². The van der Waals surface area contributed by atoms with E-state index < -0.39 is 29.7 Å². The van der Waals surface area contributed by atoms with Gasteiger partial charge >= 0.3 is 0 Å². The maximum Gasteiger partial charge on any atom is 0.262 e. The predicted molar refractivity (Wildman–Crippen MR) is 225 cm³/mol. The smallest absolute Gasteiger partial charge is 0.262 e. The van der Waals surface area contributed by atoms with E-state index in [-0.39, 0.29) is 29.7 Å². The first-order valence-corrected chi connectivity index (χ1v) is 21.3. The van der Waals surface area contributed by atoms with Crippen molar-refractivity contribution in [2.75, 3.05) is 73.6 Å². The number of nitrogens with one attached hydrogen (secondary N) is 1. The molecule has 1 unspecified atom stereocenters. The molecule has 306 valence electrons. The van der Waals surface area contributed by atoms with Crippen LogP contribution in [0.1, 0.15) is 82.9 Å². The van der Waals surface area contributed by atoms with E-state index in [2.05, 4.69) is 48.8 Å². The minimum atomic E-state index is -0.979. The van der Waals surface area contributed by atoms with E-state index in [9.17, 15) is 24.0 Å². The Kier molecular flexibility index (Phi) is 10.3. The molecule has 0 aliphatic carbocycles. The third-order valence-electron chi connectivity index (χ3n) is 13.8. The lowest BCUT2D eigenvalue weighted by molar-refractivity contribution is -0.136. The number of nitrogens with zero attached hydrogens (tertiary/aromatic N) is 7. The molecule has 9 rings (SSSR count). The molecule has 59 heavy (non-hydrogen) atoms. The number of piperidine rings is 3. The van der Waals surface area contributed by atoms with Gasteiger partial charge < -0.3 is 19.6 Å². The van der Waals surface area contributed by atoms with Crippen LogP contribution in [-0.4, -0.2) is 121 Å². The summed E-state index contributed by atoms with van der Waals surface area (Å²) in [6.45, 7) is 17.2. The molecule has 0 aromatic heterocycles. The first-order chi connectivity index (χ1) is 28.5. The van der Waals surface area contributed by atoms with E-state index in [1.807, 2.05) is 41.3 Å². The minimum Gasteiger partial charge on any atom is -0.371 e. The number of benzene rings is 3. The Bertz CT molecular complexity index is 2230. The SMILES string of the molecule is [C-]#[N+]c1ccc(N2CC3(CCN(c4ccc(C(=O)N5CCC(N6CCN(c7ccc8c(c7)C(=O)N(C7CCC(=O)NC7=O)C8=O)CC6)CC5)cc4)CC3)C[C@@H]2C)cc1Cl. The van der Waals surface area contributed by atoms with Crippen molar-refractivity contribution in [3.05, 3.63) is 93.8 Å². The fourth-order valence-electron chi connectivity index (χ4n) is 10.5. The van der Waals surface area contributed by atoms with Crippen LogP contribution in [-0.2, 0) is 9.59 Å². The van der Waals surface area contributed by atoms with Gasteiger partial charge in [0.05, 0.1) is 17.7 Å². The molecule has 0 radical (unpaired) electrons. The number of carbonyl (C=O) groups is 5. The molecule has 13 nitrogen and oxygen atoms in total. The van der Waals surface area contributed by atoms with Crippen LogP contribution >= 0.6 is 11.6 Å². The molecule has 0 saturated carbocycles. The zero-order chi connectivity index (χ0) is 41.0. The maximum atomic E-state index is 13.6. The van der Waals surface area contributed by atoms with Crippen LogP contribution in [0.4, 0.5) is 22.7 Å². The second kappa shape index (κ2) is 15.6. The van der Waals surface area contributed by atoms with E-state index in [1.54, 1.807) is 12.1 Å². The summed E-state index contributed by atoms with van der Waals surface area (Å²) in [4.78, 5) is 80.4. The Labute approximate surface area is 349 Å². The van der Waals surface area contributed by atoms with Gasteiger partial charge in [0, 0.05) is 105 Å². The number of piperazine rings is 1. The predicted octanol–water partition coefficient (Wildman–Crippen LogP) is 5.60. The van der Waals surface area contributed by atoms with E-state index >= 15 is 0 Å². The molecule has 5 saturated heterocycles. The van der Waals surface area contributed by atoms with Gasteiger partial charge in [0.1, 0.15) is 6.04 Å². The van der Waals surface area contributed by atoms with Crippen LogP contribution in [0, 0.1) is 12.0 Å². The number of amides is 5. The zero-order valence-corrected chi connectivity index (χ0v) is 34.1. The highest BCUT2D eigenvalue weighted by Gasteiger charge is 2.46. The summed E-state index contributed by atoms with van der Waals surface area (Å²) in [5, 5.41) is 2.76. The molecular formula is C45H49ClN8O5. The molecule has 5 fully saturated rings. The van der Waals surface area contributed by atoms with Crippen LogP contribution in [0.25, 0.3) is 4.85 Å². The van der Waals surface area contributed by atoms with Gasteiger partial charge in [-0.15, -0.1) is 0 Å². The highest BCUT2D eigenvalue weighted by Crippen LogP contribution is 2.46. The Hall–Kier alpha value is -5.45. The van der Waals surface area contributed by atoms with Gasteiger partial charge in [-0.05, 0) is 105 Å². The molecule has 6 aliphatic heterocycles. The van der Waals surface area contributed by atoms with Crippen molar-refractivity contribution in [1.29, 1.82) is 0 Å². The summed E-state index contributed by atoms with van der Waals surface area (Å²) in [5.74, 6) is -1.91. The van der Waals surface area contributed by atoms with Crippen LogP contribution in [0.2, 0.25) is 5.02 Å². The summed E-state index contributed by atoms with van der Waals surface area (Å²) < 4.78 is 0. The number of imide groups is 2. The number of likely N-dealkylation sites (tertiary alicyclic amines) is 1. The molecule has 3 aromatic carbocycles. The van der Waals surface area contributed by atoms with Gasteiger partial charge in [-0.2, -0.15) is 0 Å². The third kappa shape index (κ3) is 7.31. The molecule has 6 aliphatic rings. The second-order valence-corrected chi connectivity index (χ2v) is 17.6. The van der Waals surface area contributed by atoms with Crippen LogP contribution in [0.5, 0.6) is 0 Å². The van der Waals surface area contributed by atoms with Crippen molar-refractivity contribution >= 4 is 63.9 Å². The second-order valence-electron chi connectivity index (χ2n) is 17.2. The average molecular weight is 817 g/mol. The van der Waals surface area contributed by atoms with Crippen molar-refractivity contribution in [1.82, 2.24) is 20.0 Å². The zero-order valence-electron chi connectivity index (χ0n) is 33.4. The molecule has 2 atom stereocenters. The fourth-order valence-corrected chi connectivity index (χ4v) is 10.7. The normalized spacial score (nSPS) is 23.8. The molecule has 3 aromatic rings. The number of hydrogen-bond acceptors (Lipinski definition) is 9. The average Bonchev–Trinajstić information content (AvgIpc) is 3.71. The van der Waals surface area contributed by atoms with Crippen molar-refractivity contribution < 1.29 is 24.0 Å². The standard InChI is InChI=1S/C45H49ClN8O5/c1-29-27-45(28-53(29)34-8-10-38(47-2)37(46)26-34)15-19-49(20-16-45)31-5-3-30(4-6-31)42(57)52-17-13-32(14-18-52)50-21-23-51(24-22-50)33-7-9-35-36(25-33)44(59)54(43(35)58)39-11-12-40(55)48-41(39)56/h3-10,25-26,29,32,39H,11-24,27-28H2,1H3,(H,48,55,56)/t29-,39?/m0/s1. The number of rotatable bonds is 6. The molecule has 6 heterocycles. The molecule has 1 spiro atoms. The molecule has 0 bridgehead atoms. The first kappa shape index (κ1) is 39.0. The van der Waals surface area contributed by atoms with Gasteiger partial charge in [0.2, 0.25) is 17.5 Å². The Morgan fingerprint density at radius 1 is 0.780 bits per heavy atom. The van der Waals surface area contributed by atoms with Gasteiger partial charge in [-0.1, -0.05) is 17.7 Å². The van der Waals surface area contributed by atoms with Crippen LogP contribution in [0.15, 0.2) is 60.7 Å². The van der Waals surface area contributed by atoms with Crippen molar-refractivity contribution in [2.45, 2.75) is 70.0 Å². The van der Waals surface area contributed by atoms with E-state index in [4.69, 9.17) is 18.2 Å². The number of fused-ring (bicyclic) bond motifs is 1. The molecular weight excluding hydrogens is 768 g/mol. The quantitative estimate of drug-likeness (QED) is 0.250. The summed E-state index contributed by atoms with van der Waals surface area (Å²) in [6, 6.07) is 19.1. The van der Waals surface area contributed by atoms with Crippen LogP contribution < -0.4 is 20.0 Å². The maximum absolute atomic E-state index is 13.6. The van der Waals surface area contributed by atoms with Crippen molar-refractivity contribution in [3.8, 4) is 0 Å². The Morgan fingerprint density at radius 3 is 2.12 bits per heavy atom. The number of hydrogen-bond donors (Lipinski definition) is 1. The molecule has 1 N–H and O–H groups in total. The number of halogens is 1. The Morgan fingerprint density at radius 2 is 1.44 bits per heavy atom. The lowest BCUT2D eigenvalue weighted by atomic mass is 9.76. The number of carbonyl (C=O) groups excluding carboxylic acids is 5.